The molecule has 0 aliphatic heterocycles. The SMILES string of the molecule is O=C(O)CC(CC(=O)O)c1ccc(F)cn1. The Labute approximate surface area is 90.6 Å². The summed E-state index contributed by atoms with van der Waals surface area (Å²) >= 11 is 0. The van der Waals surface area contributed by atoms with E-state index in [1.807, 2.05) is 0 Å². The summed E-state index contributed by atoms with van der Waals surface area (Å²) in [6.45, 7) is 0. The molecule has 0 amide bonds. The first kappa shape index (κ1) is 12.1. The first-order chi connectivity index (χ1) is 7.49. The monoisotopic (exact) mass is 227 g/mol. The second kappa shape index (κ2) is 5.20. The summed E-state index contributed by atoms with van der Waals surface area (Å²) in [6.07, 6.45) is 0.252. The number of carboxylic acids is 2. The molecule has 0 aliphatic carbocycles. The van der Waals surface area contributed by atoms with E-state index in [-0.39, 0.29) is 18.5 Å². The highest BCUT2D eigenvalue weighted by Gasteiger charge is 2.20. The lowest BCUT2D eigenvalue weighted by atomic mass is 9.97. The molecule has 0 unspecified atom stereocenters. The minimum atomic E-state index is -1.11. The molecule has 6 heteroatoms. The normalized spacial score (nSPS) is 10.4. The fourth-order valence-electron chi connectivity index (χ4n) is 1.33. The molecule has 0 aliphatic rings. The Hall–Kier alpha value is -1.98. The van der Waals surface area contributed by atoms with E-state index < -0.39 is 23.7 Å². The van der Waals surface area contributed by atoms with Crippen LogP contribution in [0.4, 0.5) is 4.39 Å². The van der Waals surface area contributed by atoms with E-state index in [0.29, 0.717) is 0 Å². The molecule has 1 aromatic rings. The second-order valence-corrected chi connectivity index (χ2v) is 3.29. The van der Waals surface area contributed by atoms with Gasteiger partial charge >= 0.3 is 11.9 Å². The highest BCUT2D eigenvalue weighted by molar-refractivity contribution is 5.72. The highest BCUT2D eigenvalue weighted by atomic mass is 19.1. The predicted molar refractivity (Wildman–Crippen MR) is 51.4 cm³/mol. The lowest BCUT2D eigenvalue weighted by molar-refractivity contribution is -0.139. The Morgan fingerprint density at radius 3 is 2.19 bits per heavy atom. The molecule has 0 spiro atoms. The summed E-state index contributed by atoms with van der Waals surface area (Å²) in [7, 11) is 0. The van der Waals surface area contributed by atoms with E-state index in [0.717, 1.165) is 12.3 Å². The van der Waals surface area contributed by atoms with E-state index in [9.17, 15) is 14.0 Å². The van der Waals surface area contributed by atoms with Crippen molar-refractivity contribution in [1.82, 2.24) is 4.98 Å². The molecule has 0 radical (unpaired) electrons. The lowest BCUT2D eigenvalue weighted by Crippen LogP contribution is -2.12. The molecule has 0 saturated heterocycles. The van der Waals surface area contributed by atoms with Crippen LogP contribution in [-0.2, 0) is 9.59 Å². The minimum absolute atomic E-state index is 0.270. The zero-order chi connectivity index (χ0) is 12.1. The predicted octanol–water partition coefficient (Wildman–Crippen LogP) is 1.25. The summed E-state index contributed by atoms with van der Waals surface area (Å²) < 4.78 is 12.6. The summed E-state index contributed by atoms with van der Waals surface area (Å²) in [4.78, 5) is 24.8. The van der Waals surface area contributed by atoms with E-state index in [2.05, 4.69) is 4.98 Å². The highest BCUT2D eigenvalue weighted by Crippen LogP contribution is 2.21. The van der Waals surface area contributed by atoms with Crippen molar-refractivity contribution < 1.29 is 24.2 Å². The number of carbonyl (C=O) groups is 2. The third-order valence-electron chi connectivity index (χ3n) is 2.01. The Kier molecular flexibility index (Phi) is 3.93. The first-order valence-corrected chi connectivity index (χ1v) is 4.54. The molecule has 0 bridgehead atoms. The minimum Gasteiger partial charge on any atom is -0.481 e. The molecule has 5 nitrogen and oxygen atoms in total. The molecule has 0 atom stereocenters. The molecule has 1 aromatic heterocycles. The Morgan fingerprint density at radius 2 is 1.81 bits per heavy atom. The Balaban J connectivity index is 2.86. The second-order valence-electron chi connectivity index (χ2n) is 3.29. The van der Waals surface area contributed by atoms with Gasteiger partial charge in [0.2, 0.25) is 0 Å². The maximum Gasteiger partial charge on any atom is 0.304 e. The quantitative estimate of drug-likeness (QED) is 0.790. The molecular formula is C10H10FNO4. The number of carboxylic acid groups (broad SMARTS) is 2. The van der Waals surface area contributed by atoms with Gasteiger partial charge in [0.05, 0.1) is 19.0 Å². The van der Waals surface area contributed by atoms with Crippen molar-refractivity contribution in [2.45, 2.75) is 18.8 Å². The van der Waals surface area contributed by atoms with Crippen LogP contribution in [0.1, 0.15) is 24.5 Å². The largest absolute Gasteiger partial charge is 0.481 e. The van der Waals surface area contributed by atoms with Crippen LogP contribution in [0.5, 0.6) is 0 Å². The van der Waals surface area contributed by atoms with Crippen LogP contribution in [0.3, 0.4) is 0 Å². The number of aliphatic carboxylic acids is 2. The van der Waals surface area contributed by atoms with Crippen LogP contribution in [0.15, 0.2) is 18.3 Å². The number of halogens is 1. The first-order valence-electron chi connectivity index (χ1n) is 4.54. The zero-order valence-corrected chi connectivity index (χ0v) is 8.26. The number of rotatable bonds is 5. The van der Waals surface area contributed by atoms with E-state index in [4.69, 9.17) is 10.2 Å². The summed E-state index contributed by atoms with van der Waals surface area (Å²) in [5.41, 5.74) is 0.270. The van der Waals surface area contributed by atoms with E-state index in [1.165, 1.54) is 6.07 Å². The van der Waals surface area contributed by atoms with Crippen LogP contribution in [0.2, 0.25) is 0 Å². The molecule has 1 heterocycles. The molecule has 86 valence electrons. The van der Waals surface area contributed by atoms with Gasteiger partial charge in [0.15, 0.2) is 0 Å². The topological polar surface area (TPSA) is 87.5 Å². The van der Waals surface area contributed by atoms with Crippen molar-refractivity contribution in [3.63, 3.8) is 0 Å². The molecule has 1 rings (SSSR count). The van der Waals surface area contributed by atoms with Gasteiger partial charge in [-0.15, -0.1) is 0 Å². The van der Waals surface area contributed by atoms with Crippen molar-refractivity contribution in [2.75, 3.05) is 0 Å². The van der Waals surface area contributed by atoms with Gasteiger partial charge in [-0.05, 0) is 12.1 Å². The zero-order valence-electron chi connectivity index (χ0n) is 8.26. The molecular weight excluding hydrogens is 217 g/mol. The number of hydrogen-bond donors (Lipinski definition) is 2. The van der Waals surface area contributed by atoms with Gasteiger partial charge in [0, 0.05) is 11.6 Å². The fraction of sp³-hybridized carbons (Fsp3) is 0.300. The average molecular weight is 227 g/mol. The van der Waals surface area contributed by atoms with Crippen LogP contribution < -0.4 is 0 Å². The van der Waals surface area contributed by atoms with Gasteiger partial charge in [-0.3, -0.25) is 14.6 Å². The third-order valence-corrected chi connectivity index (χ3v) is 2.01. The number of hydrogen-bond acceptors (Lipinski definition) is 3. The van der Waals surface area contributed by atoms with Crippen LogP contribution in [-0.4, -0.2) is 27.1 Å². The molecule has 16 heavy (non-hydrogen) atoms. The van der Waals surface area contributed by atoms with Gasteiger partial charge in [0.25, 0.3) is 0 Å². The van der Waals surface area contributed by atoms with Crippen LogP contribution >= 0.6 is 0 Å². The smallest absolute Gasteiger partial charge is 0.304 e. The van der Waals surface area contributed by atoms with Gasteiger partial charge in [-0.1, -0.05) is 0 Å². The summed E-state index contributed by atoms with van der Waals surface area (Å²) in [5.74, 6) is -3.52. The maximum atomic E-state index is 12.6. The van der Waals surface area contributed by atoms with Crippen LogP contribution in [0.25, 0.3) is 0 Å². The molecule has 0 aromatic carbocycles. The van der Waals surface area contributed by atoms with Crippen molar-refractivity contribution in [1.29, 1.82) is 0 Å². The van der Waals surface area contributed by atoms with Crippen molar-refractivity contribution in [3.8, 4) is 0 Å². The van der Waals surface area contributed by atoms with Crippen molar-refractivity contribution >= 4 is 11.9 Å². The average Bonchev–Trinajstić information content (AvgIpc) is 2.16. The number of pyridine rings is 1. The van der Waals surface area contributed by atoms with Gasteiger partial charge in [-0.2, -0.15) is 0 Å². The number of aromatic nitrogens is 1. The Bertz CT molecular complexity index is 374. The third kappa shape index (κ3) is 3.64. The van der Waals surface area contributed by atoms with E-state index >= 15 is 0 Å². The van der Waals surface area contributed by atoms with Gasteiger partial charge in [-0.25, -0.2) is 4.39 Å². The van der Waals surface area contributed by atoms with Gasteiger partial charge < -0.3 is 10.2 Å². The van der Waals surface area contributed by atoms with E-state index in [1.54, 1.807) is 0 Å². The molecule has 0 saturated carbocycles. The maximum absolute atomic E-state index is 12.6. The van der Waals surface area contributed by atoms with Crippen molar-refractivity contribution in [2.24, 2.45) is 0 Å². The summed E-state index contributed by atoms with van der Waals surface area (Å²) in [6, 6.07) is 2.42. The van der Waals surface area contributed by atoms with Crippen LogP contribution in [0, 0.1) is 5.82 Å². The van der Waals surface area contributed by atoms with Gasteiger partial charge in [0.1, 0.15) is 5.82 Å². The molecule has 2 N–H and O–H groups in total. The van der Waals surface area contributed by atoms with Crippen molar-refractivity contribution in [3.05, 3.63) is 29.8 Å². The lowest BCUT2D eigenvalue weighted by Gasteiger charge is -2.11. The Morgan fingerprint density at radius 1 is 1.25 bits per heavy atom. The summed E-state index contributed by atoms with van der Waals surface area (Å²) in [5, 5.41) is 17.2. The molecule has 0 fully saturated rings. The fourth-order valence-corrected chi connectivity index (χ4v) is 1.33. The standard InChI is InChI=1S/C10H10FNO4/c11-7-1-2-8(12-5-7)6(3-9(13)14)4-10(15)16/h1-2,5-6H,3-4H2,(H,13,14)(H,15,16). The number of nitrogens with zero attached hydrogens (tertiary/aromatic N) is 1.